The molecule has 3 aliphatic rings. The van der Waals surface area contributed by atoms with Crippen molar-refractivity contribution in [2.45, 2.75) is 55.6 Å². The molecule has 0 amide bonds. The minimum absolute atomic E-state index is 0.0869. The van der Waals surface area contributed by atoms with Crippen molar-refractivity contribution in [1.29, 1.82) is 0 Å². The number of fused-ring (bicyclic) bond motifs is 1. The van der Waals surface area contributed by atoms with E-state index in [0.29, 0.717) is 5.56 Å². The van der Waals surface area contributed by atoms with Crippen LogP contribution in [-0.2, 0) is 25.5 Å². The Kier molecular flexibility index (Phi) is 7.89. The fourth-order valence-corrected chi connectivity index (χ4v) is 4.57. The number of phenolic OH excluding ortho intramolecular Hbond substituents is 1. The molecule has 0 saturated carbocycles. The number of carboxylic acids is 3. The van der Waals surface area contributed by atoms with Crippen LogP contribution in [0.1, 0.15) is 12.0 Å². The number of carboxylic acid groups (broad SMARTS) is 3. The van der Waals surface area contributed by atoms with Gasteiger partial charge in [0.1, 0.15) is 42.1 Å². The molecule has 1 fully saturated rings. The summed E-state index contributed by atoms with van der Waals surface area (Å²) in [5, 5.41) is 82.9. The molecule has 1 unspecified atom stereocenters. The Balaban J connectivity index is 1.66. The second-order valence-corrected chi connectivity index (χ2v) is 9.20. The number of aliphatic hydroxyl groups is 4. The third kappa shape index (κ3) is 5.57. The lowest BCUT2D eigenvalue weighted by Gasteiger charge is -2.39. The van der Waals surface area contributed by atoms with Gasteiger partial charge in [0.2, 0.25) is 18.0 Å². The van der Waals surface area contributed by atoms with Crippen LogP contribution in [0, 0.1) is 0 Å². The maximum absolute atomic E-state index is 11.9. The average Bonchev–Trinajstić information content (AvgIpc) is 3.24. The van der Waals surface area contributed by atoms with E-state index in [-0.39, 0.29) is 35.5 Å². The molecule has 0 radical (unpaired) electrons. The first-order chi connectivity index (χ1) is 18.4. The van der Waals surface area contributed by atoms with Crippen molar-refractivity contribution >= 4 is 29.8 Å². The highest BCUT2D eigenvalue weighted by molar-refractivity contribution is 5.89. The van der Waals surface area contributed by atoms with Crippen molar-refractivity contribution < 1.29 is 69.3 Å². The lowest BCUT2D eigenvalue weighted by molar-refractivity contribution is -0.475. The monoisotopic (exact) mass is 550 g/mol. The maximum atomic E-state index is 11.9. The van der Waals surface area contributed by atoms with Gasteiger partial charge in [0.05, 0.1) is 12.7 Å². The van der Waals surface area contributed by atoms with Crippen molar-refractivity contribution in [2.24, 2.45) is 0 Å². The first-order valence-electron chi connectivity index (χ1n) is 11.7. The van der Waals surface area contributed by atoms with E-state index in [1.54, 1.807) is 0 Å². The summed E-state index contributed by atoms with van der Waals surface area (Å²) in [5.74, 6) is -4.86. The predicted octanol–water partition coefficient (Wildman–Crippen LogP) is -3.70. The van der Waals surface area contributed by atoms with Gasteiger partial charge < -0.3 is 60.4 Å². The standard InChI is InChI=1S/C24H26N2O13/c27-8-17-18(29)19(30)20(31)24(39-17)38-16-6-10-5-14(23(36)37)26(13(10)7-15(16)28)2-1-9-3-11(21(32)33)25-12(4-9)22(34)35/h1-3,6-7,12,14,17-20,24,27,29-31H,4-5,8H2,(H4,28,32,33,34,35,36,37)/t12?,14-,17-,18-,19+,20-,24+/m1/s1. The van der Waals surface area contributed by atoms with Crippen LogP contribution in [0.3, 0.4) is 0 Å². The largest absolute Gasteiger partial charge is 0.543 e. The number of carbonyl (C=O) groups excluding carboxylic acids is 1. The first-order valence-corrected chi connectivity index (χ1v) is 11.7. The van der Waals surface area contributed by atoms with Crippen LogP contribution in [0.25, 0.3) is 0 Å². The number of hydrogen-bond acceptors (Lipinski definition) is 12. The molecule has 7 atom stereocenters. The van der Waals surface area contributed by atoms with E-state index in [0.717, 1.165) is 0 Å². The van der Waals surface area contributed by atoms with E-state index >= 15 is 0 Å². The number of nitrogens with zero attached hydrogens (tertiary/aromatic N) is 1. The number of aromatic hydroxyl groups is 1. The molecule has 1 aromatic rings. The molecule has 0 aliphatic carbocycles. The fraction of sp³-hybridized carbons (Fsp3) is 0.417. The fourth-order valence-electron chi connectivity index (χ4n) is 4.57. The number of nitrogens with one attached hydrogen (secondary N) is 1. The van der Waals surface area contributed by atoms with Crippen molar-refractivity contribution in [2.75, 3.05) is 6.61 Å². The summed E-state index contributed by atoms with van der Waals surface area (Å²) in [4.78, 5) is 34.7. The van der Waals surface area contributed by atoms with Crippen molar-refractivity contribution in [1.82, 2.24) is 5.32 Å². The summed E-state index contributed by atoms with van der Waals surface area (Å²) >= 11 is 0. The van der Waals surface area contributed by atoms with Gasteiger partial charge >= 0.3 is 11.9 Å². The molecule has 3 heterocycles. The summed E-state index contributed by atoms with van der Waals surface area (Å²) < 4.78 is 12.0. The zero-order valence-corrected chi connectivity index (χ0v) is 20.1. The van der Waals surface area contributed by atoms with Crippen LogP contribution in [0.2, 0.25) is 0 Å². The molecule has 0 bridgehead atoms. The summed E-state index contributed by atoms with van der Waals surface area (Å²) in [5.41, 5.74) is 0.535. The highest BCUT2D eigenvalue weighted by atomic mass is 16.7. The van der Waals surface area contributed by atoms with Gasteiger partial charge in [0.25, 0.3) is 0 Å². The Bertz CT molecular complexity index is 1270. The molecule has 0 aromatic heterocycles. The van der Waals surface area contributed by atoms with E-state index in [1.165, 1.54) is 35.1 Å². The van der Waals surface area contributed by atoms with Gasteiger partial charge in [0, 0.05) is 24.5 Å². The maximum Gasteiger partial charge on any atom is 0.351 e. The number of aliphatic hydroxyl groups excluding tert-OH is 4. The first kappa shape index (κ1) is 28.0. The average molecular weight is 550 g/mol. The Morgan fingerprint density at radius 1 is 1.13 bits per heavy atom. The third-order valence-electron chi connectivity index (χ3n) is 6.63. The summed E-state index contributed by atoms with van der Waals surface area (Å²) in [7, 11) is 0. The molecule has 1 aromatic carbocycles. The number of phenols is 1. The molecule has 8 N–H and O–H groups in total. The molecule has 39 heavy (non-hydrogen) atoms. The topological polar surface area (TPSA) is 249 Å². The minimum atomic E-state index is -1.74. The lowest BCUT2D eigenvalue weighted by Crippen LogP contribution is -2.60. The zero-order valence-electron chi connectivity index (χ0n) is 20.1. The number of ether oxygens (including phenoxy) is 2. The van der Waals surface area contributed by atoms with E-state index in [9.17, 15) is 55.2 Å². The number of benzene rings is 1. The molecule has 0 spiro atoms. The van der Waals surface area contributed by atoms with Gasteiger partial charge in [-0.05, 0) is 17.7 Å². The normalized spacial score (nSPS) is 32.3. The summed E-state index contributed by atoms with van der Waals surface area (Å²) in [6.45, 7) is -0.693. The Morgan fingerprint density at radius 3 is 2.46 bits per heavy atom. The molecule has 15 heteroatoms. The molecule has 3 aliphatic heterocycles. The van der Waals surface area contributed by atoms with E-state index in [4.69, 9.17) is 9.47 Å². The molecule has 15 nitrogen and oxygen atoms in total. The van der Waals surface area contributed by atoms with Crippen molar-refractivity contribution in [3.05, 3.63) is 41.1 Å². The van der Waals surface area contributed by atoms with Gasteiger partial charge in [-0.2, -0.15) is 4.58 Å². The van der Waals surface area contributed by atoms with Crippen LogP contribution in [-0.4, -0.2) is 114 Å². The smallest absolute Gasteiger partial charge is 0.351 e. The number of rotatable bonds is 7. The minimum Gasteiger partial charge on any atom is -0.543 e. The van der Waals surface area contributed by atoms with Crippen LogP contribution in [0.4, 0.5) is 5.69 Å². The Hall–Kier alpha value is -4.02. The quantitative estimate of drug-likeness (QED) is 0.152. The zero-order chi connectivity index (χ0) is 28.6. The number of carbonyl (C=O) groups is 3. The number of hydrogen-bond donors (Lipinski definition) is 8. The lowest BCUT2D eigenvalue weighted by atomic mass is 9.99. The molecule has 1 saturated heterocycles. The number of allylic oxidation sites excluding steroid dienone is 2. The summed E-state index contributed by atoms with van der Waals surface area (Å²) in [6.07, 6.45) is -4.24. The molecule has 210 valence electrons. The van der Waals surface area contributed by atoms with Crippen molar-refractivity contribution in [3.63, 3.8) is 0 Å². The predicted molar refractivity (Wildman–Crippen MR) is 124 cm³/mol. The van der Waals surface area contributed by atoms with Crippen molar-refractivity contribution in [3.8, 4) is 11.5 Å². The second kappa shape index (κ2) is 11.0. The van der Waals surface area contributed by atoms with E-state index in [2.05, 4.69) is 5.32 Å². The highest BCUT2D eigenvalue weighted by Gasteiger charge is 2.45. The summed E-state index contributed by atoms with van der Waals surface area (Å²) in [6, 6.07) is -0.00207. The van der Waals surface area contributed by atoms with E-state index in [1.807, 2.05) is 0 Å². The Morgan fingerprint density at radius 2 is 1.85 bits per heavy atom. The second-order valence-electron chi connectivity index (χ2n) is 9.20. The van der Waals surface area contributed by atoms with Gasteiger partial charge in [-0.15, -0.1) is 0 Å². The Labute approximate surface area is 219 Å². The third-order valence-corrected chi connectivity index (χ3v) is 6.63. The molecular weight excluding hydrogens is 524 g/mol. The van der Waals surface area contributed by atoms with Crippen LogP contribution < -0.4 is 15.2 Å². The van der Waals surface area contributed by atoms with Crippen LogP contribution >= 0.6 is 0 Å². The van der Waals surface area contributed by atoms with Gasteiger partial charge in [-0.1, -0.05) is 0 Å². The van der Waals surface area contributed by atoms with E-state index < -0.39 is 73.1 Å². The van der Waals surface area contributed by atoms with Crippen LogP contribution in [0.15, 0.2) is 35.6 Å². The van der Waals surface area contributed by atoms with Gasteiger partial charge in [-0.3, -0.25) is 0 Å². The molecular formula is C24H26N2O13. The van der Waals surface area contributed by atoms with Gasteiger partial charge in [-0.25, -0.2) is 9.59 Å². The molecule has 4 rings (SSSR count). The van der Waals surface area contributed by atoms with Crippen LogP contribution in [0.5, 0.6) is 11.5 Å². The number of aliphatic carboxylic acids is 3. The SMILES string of the molecule is O=C(O)C1=C/C(=C/C=[N+]2c3cc(O)c(O[C@H]4O[C@H](CO)[C@@H](O)[C@H](O)[C@H]4O)cc3C[C@@H]2C(=O)[O-])CC(C(=O)O)N1. The highest BCUT2D eigenvalue weighted by Crippen LogP contribution is 2.40. The van der Waals surface area contributed by atoms with Gasteiger partial charge in [0.15, 0.2) is 17.7 Å².